The maximum absolute atomic E-state index is 12.2. The van der Waals surface area contributed by atoms with Crippen LogP contribution in [0.2, 0.25) is 0 Å². The average Bonchev–Trinajstić information content (AvgIpc) is 2.87. The summed E-state index contributed by atoms with van der Waals surface area (Å²) in [5, 5.41) is 11.5. The number of carbonyl (C=O) groups excluding carboxylic acids is 2. The van der Waals surface area contributed by atoms with Crippen molar-refractivity contribution in [2.45, 2.75) is 32.2 Å². The van der Waals surface area contributed by atoms with Gasteiger partial charge in [0, 0.05) is 24.7 Å². The second-order valence-electron chi connectivity index (χ2n) is 5.01. The smallest absolute Gasteiger partial charge is 0.321 e. The fraction of sp³-hybridized carbons (Fsp3) is 0.400. The standard InChI is InChI=1S/C15H17N3O2/c1-11(19)9-14-3-2-8-18(14)15(20)17-13-6-4-12(10-16)5-7-13/h4-7,14H,2-3,8-9H2,1H3,(H,17,20). The van der Waals surface area contributed by atoms with Gasteiger partial charge in [-0.2, -0.15) is 5.26 Å². The van der Waals surface area contributed by atoms with E-state index in [-0.39, 0.29) is 17.9 Å². The number of Topliss-reactive ketones (excluding diaryl/α,β-unsaturated/α-hetero) is 1. The third kappa shape index (κ3) is 3.35. The normalized spacial score (nSPS) is 17.6. The molecule has 1 unspecified atom stereocenters. The summed E-state index contributed by atoms with van der Waals surface area (Å²) in [5.74, 6) is 0.105. The lowest BCUT2D eigenvalue weighted by molar-refractivity contribution is -0.117. The summed E-state index contributed by atoms with van der Waals surface area (Å²) in [6, 6.07) is 8.57. The first kappa shape index (κ1) is 14.1. The van der Waals surface area contributed by atoms with Crippen LogP contribution in [0.3, 0.4) is 0 Å². The average molecular weight is 271 g/mol. The first-order valence-electron chi connectivity index (χ1n) is 6.67. The molecule has 5 nitrogen and oxygen atoms in total. The Hall–Kier alpha value is -2.35. The molecule has 1 atom stereocenters. The molecule has 1 aliphatic heterocycles. The minimum atomic E-state index is -0.182. The maximum atomic E-state index is 12.2. The fourth-order valence-electron chi connectivity index (χ4n) is 2.47. The zero-order chi connectivity index (χ0) is 14.5. The quantitative estimate of drug-likeness (QED) is 0.918. The number of nitrogens with zero attached hydrogens (tertiary/aromatic N) is 2. The number of amides is 2. The number of hydrogen-bond acceptors (Lipinski definition) is 3. The van der Waals surface area contributed by atoms with Gasteiger partial charge in [0.2, 0.25) is 0 Å². The maximum Gasteiger partial charge on any atom is 0.322 e. The van der Waals surface area contributed by atoms with Crippen LogP contribution in [0.1, 0.15) is 31.7 Å². The number of anilines is 1. The molecule has 1 aliphatic rings. The molecule has 0 spiro atoms. The molecule has 0 saturated carbocycles. The van der Waals surface area contributed by atoms with Crippen molar-refractivity contribution < 1.29 is 9.59 Å². The van der Waals surface area contributed by atoms with Gasteiger partial charge in [0.1, 0.15) is 5.78 Å². The molecule has 20 heavy (non-hydrogen) atoms. The highest BCUT2D eigenvalue weighted by Crippen LogP contribution is 2.21. The van der Waals surface area contributed by atoms with Crippen LogP contribution in [0, 0.1) is 11.3 Å². The minimum absolute atomic E-state index is 0.00545. The molecule has 1 heterocycles. The van der Waals surface area contributed by atoms with E-state index in [1.807, 2.05) is 6.07 Å². The molecule has 2 amide bonds. The highest BCUT2D eigenvalue weighted by molar-refractivity contribution is 5.90. The van der Waals surface area contributed by atoms with Crippen molar-refractivity contribution in [1.82, 2.24) is 4.90 Å². The highest BCUT2D eigenvalue weighted by Gasteiger charge is 2.29. The van der Waals surface area contributed by atoms with Gasteiger partial charge in [0.25, 0.3) is 0 Å². The number of nitrogens with one attached hydrogen (secondary N) is 1. The van der Waals surface area contributed by atoms with Gasteiger partial charge in [-0.3, -0.25) is 4.79 Å². The van der Waals surface area contributed by atoms with Gasteiger partial charge in [0.05, 0.1) is 11.6 Å². The summed E-state index contributed by atoms with van der Waals surface area (Å²) >= 11 is 0. The Balaban J connectivity index is 1.99. The van der Waals surface area contributed by atoms with Crippen LogP contribution in [0.5, 0.6) is 0 Å². The molecular formula is C15H17N3O2. The number of benzene rings is 1. The molecule has 0 radical (unpaired) electrons. The van der Waals surface area contributed by atoms with Crippen molar-refractivity contribution in [3.8, 4) is 6.07 Å². The zero-order valence-corrected chi connectivity index (χ0v) is 11.4. The second kappa shape index (κ2) is 6.20. The van der Waals surface area contributed by atoms with Crippen molar-refractivity contribution in [2.75, 3.05) is 11.9 Å². The number of nitriles is 1. The Labute approximate surface area is 118 Å². The van der Waals surface area contributed by atoms with Crippen molar-refractivity contribution in [3.63, 3.8) is 0 Å². The van der Waals surface area contributed by atoms with E-state index in [0.29, 0.717) is 24.2 Å². The van der Waals surface area contributed by atoms with Crippen molar-refractivity contribution in [1.29, 1.82) is 5.26 Å². The lowest BCUT2D eigenvalue weighted by atomic mass is 10.1. The molecule has 104 valence electrons. The molecule has 1 N–H and O–H groups in total. The second-order valence-corrected chi connectivity index (χ2v) is 5.01. The number of likely N-dealkylation sites (tertiary alicyclic amines) is 1. The van der Waals surface area contributed by atoms with Gasteiger partial charge in [-0.25, -0.2) is 4.79 Å². The Morgan fingerprint density at radius 3 is 2.70 bits per heavy atom. The van der Waals surface area contributed by atoms with Gasteiger partial charge >= 0.3 is 6.03 Å². The van der Waals surface area contributed by atoms with Gasteiger partial charge in [-0.1, -0.05) is 0 Å². The van der Waals surface area contributed by atoms with Crippen LogP contribution >= 0.6 is 0 Å². The fourth-order valence-corrected chi connectivity index (χ4v) is 2.47. The highest BCUT2D eigenvalue weighted by atomic mass is 16.2. The topological polar surface area (TPSA) is 73.2 Å². The van der Waals surface area contributed by atoms with Crippen LogP contribution in [-0.2, 0) is 4.79 Å². The molecule has 5 heteroatoms. The molecule has 1 saturated heterocycles. The summed E-state index contributed by atoms with van der Waals surface area (Å²) in [4.78, 5) is 25.1. The predicted octanol–water partition coefficient (Wildman–Crippen LogP) is 2.53. The Bertz CT molecular complexity index is 545. The van der Waals surface area contributed by atoms with E-state index < -0.39 is 0 Å². The molecule has 2 rings (SSSR count). The Morgan fingerprint density at radius 2 is 2.10 bits per heavy atom. The summed E-state index contributed by atoms with van der Waals surface area (Å²) in [6.07, 6.45) is 2.22. The van der Waals surface area contributed by atoms with E-state index in [2.05, 4.69) is 5.32 Å². The summed E-state index contributed by atoms with van der Waals surface area (Å²) in [7, 11) is 0. The molecule has 0 bridgehead atoms. The lowest BCUT2D eigenvalue weighted by Crippen LogP contribution is -2.39. The zero-order valence-electron chi connectivity index (χ0n) is 11.4. The van der Waals surface area contributed by atoms with E-state index in [0.717, 1.165) is 12.8 Å². The van der Waals surface area contributed by atoms with E-state index in [1.165, 1.54) is 0 Å². The van der Waals surface area contributed by atoms with Crippen molar-refractivity contribution in [2.24, 2.45) is 0 Å². The number of hydrogen-bond donors (Lipinski definition) is 1. The first-order chi connectivity index (χ1) is 9.60. The van der Waals surface area contributed by atoms with E-state index >= 15 is 0 Å². The SMILES string of the molecule is CC(=O)CC1CCCN1C(=O)Nc1ccc(C#N)cc1. The number of urea groups is 1. The van der Waals surface area contributed by atoms with Gasteiger partial charge < -0.3 is 10.2 Å². The minimum Gasteiger partial charge on any atom is -0.321 e. The van der Waals surface area contributed by atoms with Crippen molar-refractivity contribution >= 4 is 17.5 Å². The third-order valence-corrected chi connectivity index (χ3v) is 3.43. The van der Waals surface area contributed by atoms with Crippen LogP contribution in [-0.4, -0.2) is 29.3 Å². The molecule has 1 aromatic carbocycles. The van der Waals surface area contributed by atoms with Gasteiger partial charge in [-0.15, -0.1) is 0 Å². The van der Waals surface area contributed by atoms with Crippen molar-refractivity contribution in [3.05, 3.63) is 29.8 Å². The summed E-state index contributed by atoms with van der Waals surface area (Å²) < 4.78 is 0. The van der Waals surface area contributed by atoms with Crippen LogP contribution in [0.4, 0.5) is 10.5 Å². The predicted molar refractivity (Wildman–Crippen MR) is 75.2 cm³/mol. The summed E-state index contributed by atoms with van der Waals surface area (Å²) in [5.41, 5.74) is 1.21. The molecular weight excluding hydrogens is 254 g/mol. The summed E-state index contributed by atoms with van der Waals surface area (Å²) in [6.45, 7) is 2.23. The number of ketones is 1. The van der Waals surface area contributed by atoms with Crippen LogP contribution in [0.15, 0.2) is 24.3 Å². The number of rotatable bonds is 3. The monoisotopic (exact) mass is 271 g/mol. The van der Waals surface area contributed by atoms with E-state index in [9.17, 15) is 9.59 Å². The van der Waals surface area contributed by atoms with Gasteiger partial charge in [0.15, 0.2) is 0 Å². The molecule has 0 aromatic heterocycles. The van der Waals surface area contributed by atoms with Gasteiger partial charge in [-0.05, 0) is 44.0 Å². The lowest BCUT2D eigenvalue weighted by Gasteiger charge is -2.24. The first-order valence-corrected chi connectivity index (χ1v) is 6.67. The number of carbonyl (C=O) groups is 2. The van der Waals surface area contributed by atoms with Crippen LogP contribution in [0.25, 0.3) is 0 Å². The Morgan fingerprint density at radius 1 is 1.40 bits per heavy atom. The van der Waals surface area contributed by atoms with Crippen LogP contribution < -0.4 is 5.32 Å². The van der Waals surface area contributed by atoms with E-state index in [1.54, 1.807) is 36.1 Å². The largest absolute Gasteiger partial charge is 0.322 e. The molecule has 1 fully saturated rings. The molecule has 0 aliphatic carbocycles. The molecule has 1 aromatic rings. The van der Waals surface area contributed by atoms with E-state index in [4.69, 9.17) is 5.26 Å². The Kier molecular flexibility index (Phi) is 4.36. The third-order valence-electron chi connectivity index (χ3n) is 3.43.